The molecule has 0 aliphatic rings. The summed E-state index contributed by atoms with van der Waals surface area (Å²) >= 11 is 1.35. The van der Waals surface area contributed by atoms with Gasteiger partial charge in [0.15, 0.2) is 11.5 Å². The van der Waals surface area contributed by atoms with Crippen molar-refractivity contribution in [3.05, 3.63) is 64.9 Å². The molecule has 1 heterocycles. The molecular formula is C19H16FNO4S. The van der Waals surface area contributed by atoms with Crippen molar-refractivity contribution in [2.45, 2.75) is 13.0 Å². The Bertz CT molecular complexity index is 925. The molecule has 1 N–H and O–H groups in total. The molecule has 0 bridgehead atoms. The van der Waals surface area contributed by atoms with Crippen molar-refractivity contribution in [2.75, 3.05) is 7.11 Å². The molecule has 3 aromatic rings. The molecule has 0 spiro atoms. The van der Waals surface area contributed by atoms with Crippen LogP contribution < -0.4 is 9.47 Å². The van der Waals surface area contributed by atoms with E-state index < -0.39 is 5.97 Å². The Kier molecular flexibility index (Phi) is 5.48. The Morgan fingerprint density at radius 2 is 2.04 bits per heavy atom. The molecule has 1 aromatic heterocycles. The third kappa shape index (κ3) is 4.18. The summed E-state index contributed by atoms with van der Waals surface area (Å²) in [5.41, 5.74) is 1.72. The minimum atomic E-state index is -0.925. The van der Waals surface area contributed by atoms with Crippen LogP contribution in [0, 0.1) is 5.82 Å². The van der Waals surface area contributed by atoms with E-state index in [-0.39, 0.29) is 18.8 Å². The molecular weight excluding hydrogens is 357 g/mol. The second-order valence-corrected chi connectivity index (χ2v) is 6.32. The SMILES string of the molecule is COc1ccc(-c2nc(CC(=O)O)cs2)cc1OCc1ccccc1F. The van der Waals surface area contributed by atoms with Crippen LogP contribution in [0.5, 0.6) is 11.5 Å². The summed E-state index contributed by atoms with van der Waals surface area (Å²) < 4.78 is 24.8. The first-order valence-corrected chi connectivity index (χ1v) is 8.65. The van der Waals surface area contributed by atoms with Crippen LogP contribution >= 0.6 is 11.3 Å². The van der Waals surface area contributed by atoms with Crippen LogP contribution in [-0.4, -0.2) is 23.2 Å². The van der Waals surface area contributed by atoms with E-state index in [0.29, 0.717) is 27.8 Å². The summed E-state index contributed by atoms with van der Waals surface area (Å²) in [5, 5.41) is 11.3. The number of carboxylic acids is 1. The molecule has 7 heteroatoms. The maximum absolute atomic E-state index is 13.8. The molecule has 0 radical (unpaired) electrons. The average molecular weight is 373 g/mol. The Labute approximate surface area is 153 Å². The Hall–Kier alpha value is -2.93. The number of hydrogen-bond acceptors (Lipinski definition) is 5. The number of thiazole rings is 1. The zero-order valence-electron chi connectivity index (χ0n) is 13.9. The van der Waals surface area contributed by atoms with E-state index in [0.717, 1.165) is 5.56 Å². The molecule has 0 fully saturated rings. The predicted octanol–water partition coefficient (Wildman–Crippen LogP) is 4.16. The third-order valence-corrected chi connectivity index (χ3v) is 4.58. The number of ether oxygens (including phenoxy) is 2. The number of benzene rings is 2. The highest BCUT2D eigenvalue weighted by molar-refractivity contribution is 7.13. The quantitative estimate of drug-likeness (QED) is 0.673. The van der Waals surface area contributed by atoms with Crippen molar-refractivity contribution in [1.29, 1.82) is 0 Å². The van der Waals surface area contributed by atoms with Gasteiger partial charge in [0, 0.05) is 16.5 Å². The molecule has 3 rings (SSSR count). The van der Waals surface area contributed by atoms with E-state index in [9.17, 15) is 9.18 Å². The van der Waals surface area contributed by atoms with Crippen molar-refractivity contribution in [2.24, 2.45) is 0 Å². The minimum Gasteiger partial charge on any atom is -0.493 e. The number of rotatable bonds is 7. The number of carbonyl (C=O) groups is 1. The van der Waals surface area contributed by atoms with E-state index in [4.69, 9.17) is 14.6 Å². The van der Waals surface area contributed by atoms with E-state index in [1.807, 2.05) is 6.07 Å². The summed E-state index contributed by atoms with van der Waals surface area (Å²) in [6, 6.07) is 11.7. The van der Waals surface area contributed by atoms with E-state index >= 15 is 0 Å². The molecule has 0 saturated heterocycles. The lowest BCUT2D eigenvalue weighted by Gasteiger charge is -2.12. The van der Waals surface area contributed by atoms with Crippen molar-refractivity contribution in [3.63, 3.8) is 0 Å². The van der Waals surface area contributed by atoms with Gasteiger partial charge in [-0.05, 0) is 24.3 Å². The molecule has 26 heavy (non-hydrogen) atoms. The van der Waals surface area contributed by atoms with Gasteiger partial charge >= 0.3 is 5.97 Å². The molecule has 0 aliphatic heterocycles. The van der Waals surface area contributed by atoms with Gasteiger partial charge in [-0.3, -0.25) is 4.79 Å². The highest BCUT2D eigenvalue weighted by Crippen LogP contribution is 2.34. The lowest BCUT2D eigenvalue weighted by Crippen LogP contribution is -2.00. The largest absolute Gasteiger partial charge is 0.493 e. The van der Waals surface area contributed by atoms with Crippen molar-refractivity contribution >= 4 is 17.3 Å². The normalized spacial score (nSPS) is 10.5. The first-order valence-electron chi connectivity index (χ1n) is 7.77. The highest BCUT2D eigenvalue weighted by Gasteiger charge is 2.12. The number of hydrogen-bond donors (Lipinski definition) is 1. The van der Waals surface area contributed by atoms with Gasteiger partial charge in [-0.15, -0.1) is 11.3 Å². The fourth-order valence-corrected chi connectivity index (χ4v) is 3.19. The monoisotopic (exact) mass is 373 g/mol. The zero-order valence-corrected chi connectivity index (χ0v) is 14.8. The topological polar surface area (TPSA) is 68.7 Å². The highest BCUT2D eigenvalue weighted by atomic mass is 32.1. The van der Waals surface area contributed by atoms with Crippen LogP contribution in [0.15, 0.2) is 47.8 Å². The number of halogens is 1. The molecule has 0 amide bonds. The summed E-state index contributed by atoms with van der Waals surface area (Å²) in [6.45, 7) is 0.0641. The van der Waals surface area contributed by atoms with Gasteiger partial charge in [0.05, 0.1) is 19.2 Å². The maximum atomic E-state index is 13.8. The smallest absolute Gasteiger partial charge is 0.309 e. The third-order valence-electron chi connectivity index (χ3n) is 3.64. The minimum absolute atomic E-state index is 0.0641. The van der Waals surface area contributed by atoms with E-state index in [1.54, 1.807) is 35.7 Å². The van der Waals surface area contributed by atoms with Gasteiger partial charge < -0.3 is 14.6 Å². The fourth-order valence-electron chi connectivity index (χ4n) is 2.37. The van der Waals surface area contributed by atoms with Crippen molar-refractivity contribution < 1.29 is 23.8 Å². The van der Waals surface area contributed by atoms with Crippen LogP contribution in [0.1, 0.15) is 11.3 Å². The Morgan fingerprint density at radius 3 is 2.77 bits per heavy atom. The van der Waals surface area contributed by atoms with Crippen LogP contribution in [0.25, 0.3) is 10.6 Å². The van der Waals surface area contributed by atoms with Gasteiger partial charge in [0.2, 0.25) is 0 Å². The second-order valence-electron chi connectivity index (χ2n) is 5.46. The van der Waals surface area contributed by atoms with Gasteiger partial charge in [0.1, 0.15) is 17.4 Å². The molecule has 0 saturated carbocycles. The Balaban J connectivity index is 1.83. The average Bonchev–Trinajstić information content (AvgIpc) is 3.08. The molecule has 0 atom stereocenters. The standard InChI is InChI=1S/C19H16FNO4S/c1-24-16-7-6-12(19-21-14(11-26-19)9-18(22)23)8-17(16)25-10-13-4-2-3-5-15(13)20/h2-8,11H,9-10H2,1H3,(H,22,23). The number of aromatic nitrogens is 1. The van der Waals surface area contributed by atoms with Crippen LogP contribution in [-0.2, 0) is 17.8 Å². The molecule has 2 aromatic carbocycles. The summed E-state index contributed by atoms with van der Waals surface area (Å²) in [5.74, 6) is -0.276. The van der Waals surface area contributed by atoms with Crippen LogP contribution in [0.2, 0.25) is 0 Å². The zero-order chi connectivity index (χ0) is 18.5. The molecule has 5 nitrogen and oxygen atoms in total. The van der Waals surface area contributed by atoms with Gasteiger partial charge in [-0.2, -0.15) is 0 Å². The van der Waals surface area contributed by atoms with E-state index in [2.05, 4.69) is 4.98 Å². The number of nitrogens with zero attached hydrogens (tertiary/aromatic N) is 1. The summed E-state index contributed by atoms with van der Waals surface area (Å²) in [4.78, 5) is 15.1. The van der Waals surface area contributed by atoms with Gasteiger partial charge in [-0.25, -0.2) is 9.37 Å². The van der Waals surface area contributed by atoms with Gasteiger partial charge in [0.25, 0.3) is 0 Å². The number of carboxylic acid groups (broad SMARTS) is 1. The summed E-state index contributed by atoms with van der Waals surface area (Å²) in [6.07, 6.45) is -0.122. The first-order chi connectivity index (χ1) is 12.6. The molecule has 0 aliphatic carbocycles. The van der Waals surface area contributed by atoms with Crippen molar-refractivity contribution in [3.8, 4) is 22.1 Å². The number of aliphatic carboxylic acids is 1. The fraction of sp³-hybridized carbons (Fsp3) is 0.158. The Morgan fingerprint density at radius 1 is 1.23 bits per heavy atom. The number of methoxy groups -OCH3 is 1. The predicted molar refractivity (Wildman–Crippen MR) is 96.2 cm³/mol. The lowest BCUT2D eigenvalue weighted by molar-refractivity contribution is -0.136. The first kappa shape index (κ1) is 17.9. The van der Waals surface area contributed by atoms with Crippen LogP contribution in [0.3, 0.4) is 0 Å². The van der Waals surface area contributed by atoms with Crippen molar-refractivity contribution in [1.82, 2.24) is 4.98 Å². The second kappa shape index (κ2) is 7.97. The maximum Gasteiger partial charge on any atom is 0.309 e. The lowest BCUT2D eigenvalue weighted by atomic mass is 10.2. The molecule has 134 valence electrons. The summed E-state index contributed by atoms with van der Waals surface area (Å²) in [7, 11) is 1.53. The van der Waals surface area contributed by atoms with Gasteiger partial charge in [-0.1, -0.05) is 18.2 Å². The molecule has 0 unspecified atom stereocenters. The van der Waals surface area contributed by atoms with Crippen LogP contribution in [0.4, 0.5) is 4.39 Å². The van der Waals surface area contributed by atoms with E-state index in [1.165, 1.54) is 24.5 Å².